The van der Waals surface area contributed by atoms with Gasteiger partial charge in [0.1, 0.15) is 12.3 Å². The zero-order chi connectivity index (χ0) is 19.1. The number of hydrogen-bond donors (Lipinski definition) is 1. The van der Waals surface area contributed by atoms with E-state index in [0.717, 1.165) is 10.6 Å². The van der Waals surface area contributed by atoms with Crippen LogP contribution < -0.4 is 10.1 Å². The van der Waals surface area contributed by atoms with Gasteiger partial charge >= 0.3 is 0 Å². The zero-order valence-electron chi connectivity index (χ0n) is 15.8. The molecule has 0 aromatic heterocycles. The van der Waals surface area contributed by atoms with E-state index in [4.69, 9.17) is 4.74 Å². The van der Waals surface area contributed by atoms with Crippen LogP contribution in [0.5, 0.6) is 5.75 Å². The van der Waals surface area contributed by atoms with E-state index >= 15 is 0 Å². The molecule has 140 valence electrons. The second-order valence-corrected chi connectivity index (χ2v) is 7.88. The van der Waals surface area contributed by atoms with E-state index in [-0.39, 0.29) is 35.6 Å². The molecule has 0 spiro atoms. The maximum Gasteiger partial charge on any atom is 0.244 e. The molecule has 1 aliphatic heterocycles. The van der Waals surface area contributed by atoms with Crippen molar-refractivity contribution < 1.29 is 19.1 Å². The number of likely N-dealkylation sites (tertiary alicyclic amines) is 1. The molecule has 2 atom stereocenters. The third-order valence-electron chi connectivity index (χ3n) is 6.26. The summed E-state index contributed by atoms with van der Waals surface area (Å²) in [5.41, 5.74) is -0.362. The summed E-state index contributed by atoms with van der Waals surface area (Å²) in [5.74, 6) is -0.319. The average molecular weight is 358 g/mol. The SMILES string of the molecule is CCOc1ccc(NC(=O)CN2C(=O)C3CCC(C)(C2=O)C3(C)C)cc1. The molecule has 2 aliphatic rings. The Kier molecular flexibility index (Phi) is 4.54. The van der Waals surface area contributed by atoms with Crippen molar-refractivity contribution in [1.29, 1.82) is 0 Å². The van der Waals surface area contributed by atoms with Gasteiger partial charge in [-0.15, -0.1) is 0 Å². The molecule has 1 N–H and O–H groups in total. The summed E-state index contributed by atoms with van der Waals surface area (Å²) >= 11 is 0. The van der Waals surface area contributed by atoms with Crippen LogP contribution in [0, 0.1) is 16.7 Å². The van der Waals surface area contributed by atoms with Crippen LogP contribution in [0.4, 0.5) is 5.69 Å². The van der Waals surface area contributed by atoms with Gasteiger partial charge in [-0.05, 0) is 49.4 Å². The van der Waals surface area contributed by atoms with Crippen LogP contribution >= 0.6 is 0 Å². The molecule has 1 saturated heterocycles. The van der Waals surface area contributed by atoms with Gasteiger partial charge in [0.15, 0.2) is 0 Å². The Morgan fingerprint density at radius 1 is 1.23 bits per heavy atom. The van der Waals surface area contributed by atoms with Crippen LogP contribution in [0.1, 0.15) is 40.5 Å². The molecule has 3 rings (SSSR count). The molecule has 0 radical (unpaired) electrons. The topological polar surface area (TPSA) is 75.7 Å². The van der Waals surface area contributed by atoms with E-state index in [1.807, 2.05) is 27.7 Å². The molecular formula is C20H26N2O4. The monoisotopic (exact) mass is 358 g/mol. The first-order valence-corrected chi connectivity index (χ1v) is 9.09. The Balaban J connectivity index is 1.70. The van der Waals surface area contributed by atoms with E-state index in [2.05, 4.69) is 5.32 Å². The lowest BCUT2D eigenvalue weighted by atomic mass is 9.62. The van der Waals surface area contributed by atoms with Crippen LogP contribution in [0.2, 0.25) is 0 Å². The number of rotatable bonds is 5. The van der Waals surface area contributed by atoms with E-state index in [0.29, 0.717) is 25.1 Å². The van der Waals surface area contributed by atoms with Gasteiger partial charge in [-0.3, -0.25) is 19.3 Å². The average Bonchev–Trinajstić information content (AvgIpc) is 2.78. The highest BCUT2D eigenvalue weighted by molar-refractivity contribution is 6.07. The minimum absolute atomic E-state index is 0.205. The Bertz CT molecular complexity index is 741. The number of nitrogens with one attached hydrogen (secondary N) is 1. The Morgan fingerprint density at radius 3 is 2.50 bits per heavy atom. The molecule has 3 amide bonds. The first-order valence-electron chi connectivity index (χ1n) is 9.09. The molecule has 1 aliphatic carbocycles. The van der Waals surface area contributed by atoms with E-state index < -0.39 is 5.41 Å². The standard InChI is InChI=1S/C20H26N2O4/c1-5-26-14-8-6-13(7-9-14)21-16(23)12-22-17(24)15-10-11-20(4,18(22)25)19(15,2)3/h6-9,15H,5,10-12H2,1-4H3,(H,21,23). The molecule has 1 aromatic carbocycles. The molecule has 1 heterocycles. The number of hydrogen-bond acceptors (Lipinski definition) is 4. The minimum Gasteiger partial charge on any atom is -0.494 e. The smallest absolute Gasteiger partial charge is 0.244 e. The highest BCUT2D eigenvalue weighted by Gasteiger charge is 2.64. The molecule has 1 aromatic rings. The van der Waals surface area contributed by atoms with Crippen LogP contribution in [0.15, 0.2) is 24.3 Å². The lowest BCUT2D eigenvalue weighted by Gasteiger charge is -2.47. The predicted octanol–water partition coefficient (Wildman–Crippen LogP) is 2.84. The molecule has 26 heavy (non-hydrogen) atoms. The van der Waals surface area contributed by atoms with Gasteiger partial charge in [0.2, 0.25) is 17.7 Å². The highest BCUT2D eigenvalue weighted by atomic mass is 16.5. The fourth-order valence-corrected chi connectivity index (χ4v) is 4.20. The van der Waals surface area contributed by atoms with Crippen LogP contribution in [0.25, 0.3) is 0 Å². The maximum absolute atomic E-state index is 12.9. The molecule has 6 nitrogen and oxygen atoms in total. The van der Waals surface area contributed by atoms with E-state index in [1.54, 1.807) is 24.3 Å². The minimum atomic E-state index is -0.592. The summed E-state index contributed by atoms with van der Waals surface area (Å²) < 4.78 is 5.37. The number of nitrogens with zero attached hydrogens (tertiary/aromatic N) is 1. The molecule has 2 bridgehead atoms. The third kappa shape index (κ3) is 2.77. The number of anilines is 1. The van der Waals surface area contributed by atoms with E-state index in [1.165, 1.54) is 0 Å². The third-order valence-corrected chi connectivity index (χ3v) is 6.26. The number of ether oxygens (including phenoxy) is 1. The number of amides is 3. The Morgan fingerprint density at radius 2 is 1.88 bits per heavy atom. The molecular weight excluding hydrogens is 332 g/mol. The van der Waals surface area contributed by atoms with Crippen molar-refractivity contribution >= 4 is 23.4 Å². The first-order chi connectivity index (χ1) is 12.2. The van der Waals surface area contributed by atoms with Gasteiger partial charge < -0.3 is 10.1 Å². The number of carbonyl (C=O) groups excluding carboxylic acids is 3. The van der Waals surface area contributed by atoms with Crippen molar-refractivity contribution in [3.05, 3.63) is 24.3 Å². The summed E-state index contributed by atoms with van der Waals surface area (Å²) in [6.07, 6.45) is 1.39. The van der Waals surface area contributed by atoms with Crippen molar-refractivity contribution in [2.24, 2.45) is 16.7 Å². The lowest BCUT2D eigenvalue weighted by molar-refractivity contribution is -0.168. The van der Waals surface area contributed by atoms with Crippen molar-refractivity contribution in [3.63, 3.8) is 0 Å². The molecule has 2 unspecified atom stereocenters. The number of piperidine rings is 1. The summed E-state index contributed by atoms with van der Waals surface area (Å²) in [6, 6.07) is 6.99. The van der Waals surface area contributed by atoms with Crippen molar-refractivity contribution in [1.82, 2.24) is 4.90 Å². The number of benzene rings is 1. The van der Waals surface area contributed by atoms with Crippen molar-refractivity contribution in [3.8, 4) is 5.75 Å². The van der Waals surface area contributed by atoms with Crippen molar-refractivity contribution in [2.45, 2.75) is 40.5 Å². The summed E-state index contributed by atoms with van der Waals surface area (Å²) in [6.45, 7) is 8.11. The summed E-state index contributed by atoms with van der Waals surface area (Å²) in [7, 11) is 0. The predicted molar refractivity (Wildman–Crippen MR) is 97.6 cm³/mol. The second-order valence-electron chi connectivity index (χ2n) is 7.88. The fourth-order valence-electron chi connectivity index (χ4n) is 4.20. The van der Waals surface area contributed by atoms with Gasteiger partial charge in [0, 0.05) is 11.6 Å². The Labute approximate surface area is 153 Å². The second kappa shape index (κ2) is 6.41. The highest BCUT2D eigenvalue weighted by Crippen LogP contribution is 2.59. The van der Waals surface area contributed by atoms with Crippen LogP contribution in [-0.4, -0.2) is 35.8 Å². The molecule has 2 fully saturated rings. The lowest BCUT2D eigenvalue weighted by Crippen LogP contribution is -2.60. The first kappa shape index (κ1) is 18.4. The van der Waals surface area contributed by atoms with Gasteiger partial charge in [0.25, 0.3) is 0 Å². The molecule has 6 heteroatoms. The van der Waals surface area contributed by atoms with Gasteiger partial charge in [-0.2, -0.15) is 0 Å². The summed E-state index contributed by atoms with van der Waals surface area (Å²) in [5, 5.41) is 2.74. The number of imide groups is 1. The largest absolute Gasteiger partial charge is 0.494 e. The maximum atomic E-state index is 12.9. The van der Waals surface area contributed by atoms with Gasteiger partial charge in [0.05, 0.1) is 12.0 Å². The van der Waals surface area contributed by atoms with Crippen LogP contribution in [0.3, 0.4) is 0 Å². The fraction of sp³-hybridized carbons (Fsp3) is 0.550. The summed E-state index contributed by atoms with van der Waals surface area (Å²) in [4.78, 5) is 39.2. The van der Waals surface area contributed by atoms with E-state index in [9.17, 15) is 14.4 Å². The normalized spacial score (nSPS) is 26.8. The zero-order valence-corrected chi connectivity index (χ0v) is 15.8. The van der Waals surface area contributed by atoms with Crippen molar-refractivity contribution in [2.75, 3.05) is 18.5 Å². The van der Waals surface area contributed by atoms with Crippen LogP contribution in [-0.2, 0) is 14.4 Å². The molecule has 1 saturated carbocycles. The van der Waals surface area contributed by atoms with Gasteiger partial charge in [-0.1, -0.05) is 20.8 Å². The Hall–Kier alpha value is -2.37. The van der Waals surface area contributed by atoms with Gasteiger partial charge in [-0.25, -0.2) is 0 Å². The quantitative estimate of drug-likeness (QED) is 0.821. The number of fused-ring (bicyclic) bond motifs is 2. The number of carbonyl (C=O) groups is 3.